The first-order valence-electron chi connectivity index (χ1n) is 8.14. The summed E-state index contributed by atoms with van der Waals surface area (Å²) in [5, 5.41) is 18.0. The minimum absolute atomic E-state index is 0.364. The summed E-state index contributed by atoms with van der Waals surface area (Å²) >= 11 is 0. The molecule has 2 rings (SSSR count). The zero-order valence-electron chi connectivity index (χ0n) is 14.5. The van der Waals surface area contributed by atoms with Crippen molar-refractivity contribution in [2.24, 2.45) is 0 Å². The predicted octanol–water partition coefficient (Wildman–Crippen LogP) is 2.01. The highest BCUT2D eigenvalue weighted by molar-refractivity contribution is 5.33. The Balaban J connectivity index is 2.04. The lowest BCUT2D eigenvalue weighted by Gasteiger charge is -2.16. The highest BCUT2D eigenvalue weighted by Crippen LogP contribution is 2.19. The fraction of sp³-hybridized carbons (Fsp3) is 0.500. The summed E-state index contributed by atoms with van der Waals surface area (Å²) in [6, 6.07) is 10.1. The summed E-state index contributed by atoms with van der Waals surface area (Å²) in [4.78, 5) is 1.99. The van der Waals surface area contributed by atoms with Crippen LogP contribution in [0.1, 0.15) is 31.0 Å². The van der Waals surface area contributed by atoms with Gasteiger partial charge in [-0.05, 0) is 32.1 Å². The maximum absolute atomic E-state index is 9.93. The minimum atomic E-state index is -0.364. The molecule has 0 aliphatic rings. The highest BCUT2D eigenvalue weighted by Gasteiger charge is 2.13. The standard InChI is InChI=1S/C18H28N4O/c1-14(2)18-15(10-19-11-17(23)13-21(3)4)12-22(20-18)16-8-6-5-7-9-16/h5-9,12,14,17,19,23H,10-11,13H2,1-4H3. The third-order valence-corrected chi connectivity index (χ3v) is 3.66. The van der Waals surface area contributed by atoms with Gasteiger partial charge in [0.15, 0.2) is 0 Å². The first-order chi connectivity index (χ1) is 11.0. The fourth-order valence-electron chi connectivity index (χ4n) is 2.62. The van der Waals surface area contributed by atoms with Gasteiger partial charge in [-0.15, -0.1) is 0 Å². The number of likely N-dealkylation sites (N-methyl/N-ethyl adjacent to an activating group) is 1. The molecule has 1 aromatic carbocycles. The molecular weight excluding hydrogens is 288 g/mol. The molecule has 0 amide bonds. The van der Waals surface area contributed by atoms with Crippen molar-refractivity contribution in [2.75, 3.05) is 27.2 Å². The van der Waals surface area contributed by atoms with Crippen molar-refractivity contribution in [1.29, 1.82) is 0 Å². The SMILES string of the molecule is CC(C)c1nn(-c2ccccc2)cc1CNCC(O)CN(C)C. The number of aromatic nitrogens is 2. The van der Waals surface area contributed by atoms with Crippen LogP contribution in [-0.4, -0.2) is 53.1 Å². The van der Waals surface area contributed by atoms with Crippen molar-refractivity contribution in [1.82, 2.24) is 20.0 Å². The topological polar surface area (TPSA) is 53.3 Å². The Morgan fingerprint density at radius 2 is 1.91 bits per heavy atom. The van der Waals surface area contributed by atoms with E-state index in [0.29, 0.717) is 25.6 Å². The van der Waals surface area contributed by atoms with Crippen LogP contribution in [0.2, 0.25) is 0 Å². The van der Waals surface area contributed by atoms with Crippen molar-refractivity contribution in [3.8, 4) is 5.69 Å². The molecule has 2 aromatic rings. The molecule has 5 heteroatoms. The zero-order chi connectivity index (χ0) is 16.8. The summed E-state index contributed by atoms with van der Waals surface area (Å²) in [7, 11) is 3.92. The number of para-hydroxylation sites is 1. The quantitative estimate of drug-likeness (QED) is 0.782. The molecule has 1 unspecified atom stereocenters. The van der Waals surface area contributed by atoms with E-state index in [1.807, 2.05) is 41.9 Å². The second-order valence-electron chi connectivity index (χ2n) is 6.52. The van der Waals surface area contributed by atoms with Gasteiger partial charge < -0.3 is 15.3 Å². The first-order valence-corrected chi connectivity index (χ1v) is 8.14. The molecule has 1 heterocycles. The Morgan fingerprint density at radius 1 is 1.22 bits per heavy atom. The monoisotopic (exact) mass is 316 g/mol. The van der Waals surface area contributed by atoms with E-state index in [-0.39, 0.29) is 6.10 Å². The van der Waals surface area contributed by atoms with Crippen LogP contribution in [0.3, 0.4) is 0 Å². The predicted molar refractivity (Wildman–Crippen MR) is 93.9 cm³/mol. The van der Waals surface area contributed by atoms with Gasteiger partial charge >= 0.3 is 0 Å². The van der Waals surface area contributed by atoms with E-state index in [0.717, 1.165) is 11.4 Å². The summed E-state index contributed by atoms with van der Waals surface area (Å²) in [6.45, 7) is 6.26. The minimum Gasteiger partial charge on any atom is -0.390 e. The number of benzene rings is 1. The maximum Gasteiger partial charge on any atom is 0.0791 e. The Kier molecular flexibility index (Phi) is 6.33. The van der Waals surface area contributed by atoms with Crippen LogP contribution in [0.4, 0.5) is 0 Å². The van der Waals surface area contributed by atoms with Crippen molar-refractivity contribution < 1.29 is 5.11 Å². The molecule has 0 bridgehead atoms. The van der Waals surface area contributed by atoms with Crippen molar-refractivity contribution >= 4 is 0 Å². The van der Waals surface area contributed by atoms with Gasteiger partial charge in [-0.1, -0.05) is 32.0 Å². The molecule has 0 aliphatic carbocycles. The molecule has 1 atom stereocenters. The van der Waals surface area contributed by atoms with Crippen LogP contribution < -0.4 is 5.32 Å². The summed E-state index contributed by atoms with van der Waals surface area (Å²) in [5.74, 6) is 0.364. The summed E-state index contributed by atoms with van der Waals surface area (Å²) < 4.78 is 1.93. The lowest BCUT2D eigenvalue weighted by atomic mass is 10.1. The number of hydrogen-bond acceptors (Lipinski definition) is 4. The van der Waals surface area contributed by atoms with E-state index in [2.05, 4.69) is 37.5 Å². The number of aliphatic hydroxyl groups is 1. The average molecular weight is 316 g/mol. The van der Waals surface area contributed by atoms with Crippen molar-refractivity contribution in [3.05, 3.63) is 47.8 Å². The van der Waals surface area contributed by atoms with Gasteiger partial charge in [-0.3, -0.25) is 0 Å². The molecule has 0 radical (unpaired) electrons. The normalized spacial score (nSPS) is 13.0. The van der Waals surface area contributed by atoms with Crippen molar-refractivity contribution in [3.63, 3.8) is 0 Å². The van der Waals surface area contributed by atoms with E-state index in [9.17, 15) is 5.11 Å². The van der Waals surface area contributed by atoms with Crippen LogP contribution >= 0.6 is 0 Å². The maximum atomic E-state index is 9.93. The molecule has 0 saturated carbocycles. The number of nitrogens with one attached hydrogen (secondary N) is 1. The van der Waals surface area contributed by atoms with Gasteiger partial charge in [-0.2, -0.15) is 5.10 Å². The van der Waals surface area contributed by atoms with Crippen molar-refractivity contribution in [2.45, 2.75) is 32.4 Å². The van der Waals surface area contributed by atoms with E-state index < -0.39 is 0 Å². The molecule has 1 aromatic heterocycles. The molecule has 126 valence electrons. The smallest absolute Gasteiger partial charge is 0.0791 e. The van der Waals surface area contributed by atoms with Gasteiger partial charge in [0.25, 0.3) is 0 Å². The largest absolute Gasteiger partial charge is 0.390 e. The molecule has 0 fully saturated rings. The number of hydrogen-bond donors (Lipinski definition) is 2. The zero-order valence-corrected chi connectivity index (χ0v) is 14.5. The lowest BCUT2D eigenvalue weighted by molar-refractivity contribution is 0.134. The third kappa shape index (κ3) is 5.16. The Bertz CT molecular complexity index is 592. The molecule has 23 heavy (non-hydrogen) atoms. The summed E-state index contributed by atoms with van der Waals surface area (Å²) in [5.41, 5.74) is 3.35. The van der Waals surface area contributed by atoms with E-state index >= 15 is 0 Å². The van der Waals surface area contributed by atoms with E-state index in [1.54, 1.807) is 0 Å². The number of rotatable bonds is 8. The van der Waals surface area contributed by atoms with Gasteiger partial charge in [0.05, 0.1) is 17.5 Å². The molecule has 5 nitrogen and oxygen atoms in total. The second kappa shape index (κ2) is 8.24. The second-order valence-corrected chi connectivity index (χ2v) is 6.52. The summed E-state index contributed by atoms with van der Waals surface area (Å²) in [6.07, 6.45) is 1.72. The van der Waals surface area contributed by atoms with Crippen LogP contribution in [0.25, 0.3) is 5.69 Å². The molecule has 0 spiro atoms. The molecular formula is C18H28N4O. The van der Waals surface area contributed by atoms with Crippen LogP contribution in [0.15, 0.2) is 36.5 Å². The molecule has 2 N–H and O–H groups in total. The third-order valence-electron chi connectivity index (χ3n) is 3.66. The average Bonchev–Trinajstić information content (AvgIpc) is 2.92. The number of nitrogens with zero attached hydrogens (tertiary/aromatic N) is 3. The van der Waals surface area contributed by atoms with Crippen LogP contribution in [-0.2, 0) is 6.54 Å². The van der Waals surface area contributed by atoms with Gasteiger partial charge in [0.1, 0.15) is 0 Å². The number of aliphatic hydroxyl groups excluding tert-OH is 1. The van der Waals surface area contributed by atoms with Gasteiger partial charge in [-0.25, -0.2) is 4.68 Å². The highest BCUT2D eigenvalue weighted by atomic mass is 16.3. The van der Waals surface area contributed by atoms with E-state index in [1.165, 1.54) is 5.56 Å². The first kappa shape index (κ1) is 17.7. The Labute approximate surface area is 138 Å². The Hall–Kier alpha value is -1.69. The molecule has 0 aliphatic heterocycles. The van der Waals surface area contributed by atoms with Crippen LogP contribution in [0, 0.1) is 0 Å². The van der Waals surface area contributed by atoms with Gasteiger partial charge in [0.2, 0.25) is 0 Å². The lowest BCUT2D eigenvalue weighted by Crippen LogP contribution is -2.34. The van der Waals surface area contributed by atoms with Crippen LogP contribution in [0.5, 0.6) is 0 Å². The fourth-order valence-corrected chi connectivity index (χ4v) is 2.62. The van der Waals surface area contributed by atoms with E-state index in [4.69, 9.17) is 5.10 Å². The Morgan fingerprint density at radius 3 is 2.52 bits per heavy atom. The van der Waals surface area contributed by atoms with Gasteiger partial charge in [0, 0.05) is 31.4 Å². The molecule has 0 saturated heterocycles.